The number of benzene rings is 2. The number of nitro groups is 1. The fourth-order valence-corrected chi connectivity index (χ4v) is 5.05. The lowest BCUT2D eigenvalue weighted by atomic mass is 10.2. The number of furan rings is 1. The number of thioether (sulfide) groups is 1. The van der Waals surface area contributed by atoms with E-state index in [9.17, 15) is 14.9 Å². The van der Waals surface area contributed by atoms with Gasteiger partial charge in [0.1, 0.15) is 5.76 Å². The second kappa shape index (κ2) is 9.16. The molecule has 1 N–H and O–H groups in total. The van der Waals surface area contributed by atoms with Gasteiger partial charge in [-0.15, -0.1) is 0 Å². The number of nitro benzene ring substituents is 1. The molecule has 0 radical (unpaired) electrons. The van der Waals surface area contributed by atoms with Crippen molar-refractivity contribution in [2.24, 2.45) is 4.99 Å². The van der Waals surface area contributed by atoms with Gasteiger partial charge in [-0.2, -0.15) is 0 Å². The van der Waals surface area contributed by atoms with E-state index in [1.807, 2.05) is 36.4 Å². The van der Waals surface area contributed by atoms with Crippen molar-refractivity contribution in [1.82, 2.24) is 10.3 Å². The molecule has 0 spiro atoms. The van der Waals surface area contributed by atoms with Crippen LogP contribution >= 0.6 is 23.5 Å². The van der Waals surface area contributed by atoms with Gasteiger partial charge >= 0.3 is 0 Å². The van der Waals surface area contributed by atoms with E-state index in [0.29, 0.717) is 32.2 Å². The molecule has 168 valence electrons. The molecule has 0 bridgehead atoms. The Morgan fingerprint density at radius 3 is 2.88 bits per heavy atom. The van der Waals surface area contributed by atoms with Gasteiger partial charge in [-0.3, -0.25) is 19.9 Å². The lowest BCUT2D eigenvalue weighted by Gasteiger charge is -2.02. The largest absolute Gasteiger partial charge is 0.450 e. The number of hydrogen-bond donors (Lipinski definition) is 1. The summed E-state index contributed by atoms with van der Waals surface area (Å²) < 4.78 is 5.91. The lowest BCUT2D eigenvalue weighted by molar-refractivity contribution is -0.385. The van der Waals surface area contributed by atoms with Gasteiger partial charge in [-0.1, -0.05) is 24.3 Å². The maximum Gasteiger partial charge on any atom is 0.274 e. The maximum absolute atomic E-state index is 12.4. The van der Waals surface area contributed by atoms with Crippen LogP contribution in [0.15, 0.2) is 91.2 Å². The van der Waals surface area contributed by atoms with Crippen LogP contribution in [0.3, 0.4) is 0 Å². The Morgan fingerprint density at radius 2 is 2.03 bits per heavy atom. The van der Waals surface area contributed by atoms with Crippen molar-refractivity contribution in [2.75, 3.05) is 0 Å². The number of hydrogen-bond acceptors (Lipinski definition) is 8. The summed E-state index contributed by atoms with van der Waals surface area (Å²) in [4.78, 5) is 33.3. The zero-order valence-corrected chi connectivity index (χ0v) is 19.4. The molecule has 4 aromatic rings. The monoisotopic (exact) mass is 488 g/mol. The van der Waals surface area contributed by atoms with Crippen LogP contribution in [0.5, 0.6) is 0 Å². The van der Waals surface area contributed by atoms with Crippen LogP contribution in [-0.4, -0.2) is 21.0 Å². The maximum atomic E-state index is 12.4. The molecule has 1 aliphatic heterocycles. The molecular formula is C24H16N4O4S2. The van der Waals surface area contributed by atoms with Crippen LogP contribution in [0.25, 0.3) is 17.0 Å². The molecule has 1 amide bonds. The van der Waals surface area contributed by atoms with Crippen molar-refractivity contribution >= 4 is 63.0 Å². The fraction of sp³-hybridized carbons (Fsp3) is 0.0417. The van der Waals surface area contributed by atoms with Gasteiger partial charge in [-0.05, 0) is 60.8 Å². The minimum atomic E-state index is -0.453. The Hall–Kier alpha value is -3.89. The molecule has 2 aromatic heterocycles. The number of aliphatic imine (C=N–C) groups is 1. The first kappa shape index (κ1) is 21.9. The average molecular weight is 489 g/mol. The van der Waals surface area contributed by atoms with E-state index >= 15 is 0 Å². The van der Waals surface area contributed by atoms with E-state index in [1.165, 1.54) is 17.8 Å². The van der Waals surface area contributed by atoms with Crippen LogP contribution in [0, 0.1) is 17.0 Å². The summed E-state index contributed by atoms with van der Waals surface area (Å²) in [7, 11) is 0. The van der Waals surface area contributed by atoms with Crippen molar-refractivity contribution < 1.29 is 14.1 Å². The third-order valence-corrected chi connectivity index (χ3v) is 6.83. The molecule has 1 saturated heterocycles. The van der Waals surface area contributed by atoms with Gasteiger partial charge in [0.15, 0.2) is 10.3 Å². The van der Waals surface area contributed by atoms with Crippen molar-refractivity contribution in [1.29, 1.82) is 0 Å². The van der Waals surface area contributed by atoms with Crippen molar-refractivity contribution in [3.05, 3.63) is 93.2 Å². The third kappa shape index (κ3) is 4.59. The SMILES string of the molecule is Cc1ccc(N=C2NC(=O)/C(=C/c3ccc(Sc4cccc5cccnc45)o3)S2)cc1[N+](=O)[O-]. The third-order valence-electron chi connectivity index (χ3n) is 4.95. The van der Waals surface area contributed by atoms with E-state index in [4.69, 9.17) is 4.42 Å². The van der Waals surface area contributed by atoms with E-state index in [-0.39, 0.29) is 11.6 Å². The number of amidine groups is 1. The predicted octanol–water partition coefficient (Wildman–Crippen LogP) is 6.09. The highest BCUT2D eigenvalue weighted by Gasteiger charge is 2.25. The molecule has 2 aromatic carbocycles. The quantitative estimate of drug-likeness (QED) is 0.206. The zero-order chi connectivity index (χ0) is 23.7. The molecular weight excluding hydrogens is 472 g/mol. The highest BCUT2D eigenvalue weighted by atomic mass is 32.2. The van der Waals surface area contributed by atoms with Crippen molar-refractivity contribution in [2.45, 2.75) is 16.9 Å². The number of pyridine rings is 1. The number of para-hydroxylation sites is 1. The molecule has 1 fully saturated rings. The number of fused-ring (bicyclic) bond motifs is 1. The summed E-state index contributed by atoms with van der Waals surface area (Å²) in [6, 6.07) is 18.2. The van der Waals surface area contributed by atoms with Crippen molar-refractivity contribution in [3.8, 4) is 0 Å². The molecule has 34 heavy (non-hydrogen) atoms. The van der Waals surface area contributed by atoms with Gasteiger partial charge in [0, 0.05) is 34.2 Å². The molecule has 10 heteroatoms. The normalized spacial score (nSPS) is 15.9. The first-order valence-corrected chi connectivity index (χ1v) is 11.8. The second-order valence-corrected chi connectivity index (χ2v) is 9.38. The minimum absolute atomic E-state index is 0.0195. The molecule has 0 saturated carbocycles. The van der Waals surface area contributed by atoms with Crippen LogP contribution in [0.4, 0.5) is 11.4 Å². The fourth-order valence-electron chi connectivity index (χ4n) is 3.32. The number of carbonyl (C=O) groups is 1. The van der Waals surface area contributed by atoms with Crippen LogP contribution in [0.2, 0.25) is 0 Å². The summed E-state index contributed by atoms with van der Waals surface area (Å²) in [6.45, 7) is 1.66. The summed E-state index contributed by atoms with van der Waals surface area (Å²) in [5.74, 6) is 0.217. The Labute approximate surface area is 202 Å². The predicted molar refractivity (Wildman–Crippen MR) is 133 cm³/mol. The van der Waals surface area contributed by atoms with E-state index in [1.54, 1.807) is 37.4 Å². The number of carbonyl (C=O) groups excluding carboxylic acids is 1. The Morgan fingerprint density at radius 1 is 1.18 bits per heavy atom. The molecule has 0 aliphatic carbocycles. The number of amides is 1. The van der Waals surface area contributed by atoms with Crippen LogP contribution < -0.4 is 5.32 Å². The minimum Gasteiger partial charge on any atom is -0.450 e. The smallest absolute Gasteiger partial charge is 0.274 e. The zero-order valence-electron chi connectivity index (χ0n) is 17.7. The Balaban J connectivity index is 1.34. The highest BCUT2D eigenvalue weighted by Crippen LogP contribution is 2.35. The van der Waals surface area contributed by atoms with Gasteiger partial charge in [0.05, 0.1) is 21.0 Å². The van der Waals surface area contributed by atoms with E-state index < -0.39 is 4.92 Å². The summed E-state index contributed by atoms with van der Waals surface area (Å²) in [5, 5.41) is 15.9. The summed E-state index contributed by atoms with van der Waals surface area (Å²) in [6.07, 6.45) is 3.40. The van der Waals surface area contributed by atoms with E-state index in [0.717, 1.165) is 27.6 Å². The van der Waals surface area contributed by atoms with E-state index in [2.05, 4.69) is 15.3 Å². The molecule has 0 atom stereocenters. The number of nitrogens with one attached hydrogen (secondary N) is 1. The average Bonchev–Trinajstić information content (AvgIpc) is 3.41. The number of rotatable bonds is 5. The first-order valence-electron chi connectivity index (χ1n) is 10.1. The van der Waals surface area contributed by atoms with Gasteiger partial charge in [0.25, 0.3) is 11.6 Å². The van der Waals surface area contributed by atoms with Crippen LogP contribution in [-0.2, 0) is 4.79 Å². The highest BCUT2D eigenvalue weighted by molar-refractivity contribution is 8.18. The van der Waals surface area contributed by atoms with Crippen molar-refractivity contribution in [3.63, 3.8) is 0 Å². The standard InChI is InChI=1S/C24H16N4O4S2/c1-14-7-8-16(12-18(14)28(30)31)26-24-27-23(29)20(34-24)13-17-9-10-21(32-17)33-19-6-2-4-15-5-3-11-25-22(15)19/h2-13H,1H3,(H,26,27,29)/b20-13-. The molecule has 1 aliphatic rings. The first-order chi connectivity index (χ1) is 16.5. The number of aryl methyl sites for hydroxylation is 1. The second-order valence-electron chi connectivity index (χ2n) is 7.30. The Kier molecular flexibility index (Phi) is 5.91. The topological polar surface area (TPSA) is 111 Å². The van der Waals surface area contributed by atoms with Gasteiger partial charge in [0.2, 0.25) is 0 Å². The van der Waals surface area contributed by atoms with Gasteiger partial charge < -0.3 is 9.73 Å². The Bertz CT molecular complexity index is 1500. The lowest BCUT2D eigenvalue weighted by Crippen LogP contribution is -2.19. The number of nitrogens with zero attached hydrogens (tertiary/aromatic N) is 3. The van der Waals surface area contributed by atoms with Crippen LogP contribution in [0.1, 0.15) is 11.3 Å². The number of aromatic nitrogens is 1. The molecule has 3 heterocycles. The molecule has 5 rings (SSSR count). The molecule has 0 unspecified atom stereocenters. The molecule has 8 nitrogen and oxygen atoms in total. The summed E-state index contributed by atoms with van der Waals surface area (Å²) in [5.41, 5.74) is 1.81. The van der Waals surface area contributed by atoms with Gasteiger partial charge in [-0.25, -0.2) is 4.99 Å². The summed E-state index contributed by atoms with van der Waals surface area (Å²) >= 11 is 2.60.